The first kappa shape index (κ1) is 33.1. The SMILES string of the molecule is CCCCO.CCCCO.CCCCO.CCCCO.[Ni]. The van der Waals surface area contributed by atoms with Crippen LogP contribution in [0.25, 0.3) is 0 Å². The fourth-order valence-corrected chi connectivity index (χ4v) is 0.632. The number of hydrogen-bond donors (Lipinski definition) is 4. The molecule has 0 amide bonds. The van der Waals surface area contributed by atoms with Gasteiger partial charge < -0.3 is 20.4 Å². The summed E-state index contributed by atoms with van der Waals surface area (Å²) in [5.41, 5.74) is 0. The summed E-state index contributed by atoms with van der Waals surface area (Å²) in [5, 5.41) is 32.3. The largest absolute Gasteiger partial charge is 0.396 e. The fraction of sp³-hybridized carbons (Fsp3) is 1.00. The Kier molecular flexibility index (Phi) is 78.7. The Morgan fingerprint density at radius 3 is 0.571 bits per heavy atom. The molecule has 0 atom stereocenters. The van der Waals surface area contributed by atoms with Crippen molar-refractivity contribution in [2.75, 3.05) is 26.4 Å². The van der Waals surface area contributed by atoms with Crippen LogP contribution in [-0.4, -0.2) is 46.9 Å². The summed E-state index contributed by atoms with van der Waals surface area (Å²) in [6.07, 6.45) is 8.15. The maximum atomic E-state index is 8.07. The zero-order chi connectivity index (χ0) is 16.5. The smallest absolute Gasteiger partial charge is 0.0430 e. The van der Waals surface area contributed by atoms with Gasteiger partial charge in [-0.05, 0) is 25.7 Å². The van der Waals surface area contributed by atoms with Crippen molar-refractivity contribution in [2.24, 2.45) is 0 Å². The van der Waals surface area contributed by atoms with Crippen molar-refractivity contribution >= 4 is 0 Å². The molecule has 0 bridgehead atoms. The molecule has 0 aliphatic rings. The molecule has 21 heavy (non-hydrogen) atoms. The zero-order valence-electron chi connectivity index (χ0n) is 14.6. The van der Waals surface area contributed by atoms with Crippen molar-refractivity contribution in [1.29, 1.82) is 0 Å². The second kappa shape index (κ2) is 50.0. The Balaban J connectivity index is -0.0000000533. The Morgan fingerprint density at radius 1 is 0.429 bits per heavy atom. The Hall–Kier alpha value is 0.334. The van der Waals surface area contributed by atoms with Gasteiger partial charge in [-0.3, -0.25) is 0 Å². The van der Waals surface area contributed by atoms with E-state index < -0.39 is 0 Å². The van der Waals surface area contributed by atoms with E-state index >= 15 is 0 Å². The van der Waals surface area contributed by atoms with E-state index in [0.717, 1.165) is 51.4 Å². The van der Waals surface area contributed by atoms with Gasteiger partial charge in [-0.15, -0.1) is 0 Å². The van der Waals surface area contributed by atoms with Gasteiger partial charge in [0.15, 0.2) is 0 Å². The molecule has 0 aromatic heterocycles. The van der Waals surface area contributed by atoms with Crippen LogP contribution in [0.1, 0.15) is 79.1 Å². The van der Waals surface area contributed by atoms with Crippen LogP contribution in [0.3, 0.4) is 0 Å². The first-order chi connectivity index (χ1) is 9.66. The standard InChI is InChI=1S/4C4H10O.Ni/c4*1-2-3-4-5;/h4*5H,2-4H2,1H3;. The zero-order valence-corrected chi connectivity index (χ0v) is 15.6. The minimum Gasteiger partial charge on any atom is -0.396 e. The van der Waals surface area contributed by atoms with Crippen LogP contribution in [0, 0.1) is 0 Å². The van der Waals surface area contributed by atoms with Crippen LogP contribution in [-0.2, 0) is 16.5 Å². The van der Waals surface area contributed by atoms with Gasteiger partial charge in [0, 0.05) is 42.9 Å². The quantitative estimate of drug-likeness (QED) is 0.505. The van der Waals surface area contributed by atoms with E-state index in [9.17, 15) is 0 Å². The summed E-state index contributed by atoms with van der Waals surface area (Å²) >= 11 is 0. The Bertz CT molecular complexity index is 74.3. The molecular formula is C16H40NiO4. The molecule has 0 aliphatic heterocycles. The van der Waals surface area contributed by atoms with Crippen LogP contribution in [0.2, 0.25) is 0 Å². The number of unbranched alkanes of at least 4 members (excludes halogenated alkanes) is 4. The number of aliphatic hydroxyl groups is 4. The second-order valence-corrected chi connectivity index (χ2v) is 4.31. The third-order valence-electron chi connectivity index (χ3n) is 2.05. The molecule has 5 heteroatoms. The van der Waals surface area contributed by atoms with Gasteiger partial charge in [-0.2, -0.15) is 0 Å². The molecule has 0 spiro atoms. The number of hydrogen-bond acceptors (Lipinski definition) is 4. The van der Waals surface area contributed by atoms with Crippen LogP contribution in [0.15, 0.2) is 0 Å². The first-order valence-electron chi connectivity index (χ1n) is 8.09. The molecule has 0 rings (SSSR count). The molecule has 0 aliphatic carbocycles. The van der Waals surface area contributed by atoms with E-state index in [1.165, 1.54) is 0 Å². The summed E-state index contributed by atoms with van der Waals surface area (Å²) in [7, 11) is 0. The van der Waals surface area contributed by atoms with Crippen LogP contribution in [0.4, 0.5) is 0 Å². The minimum absolute atomic E-state index is 0. The first-order valence-corrected chi connectivity index (χ1v) is 8.09. The van der Waals surface area contributed by atoms with Gasteiger partial charge in [0.25, 0.3) is 0 Å². The van der Waals surface area contributed by atoms with Gasteiger partial charge in [-0.25, -0.2) is 0 Å². The number of rotatable bonds is 8. The maximum absolute atomic E-state index is 8.07. The predicted molar refractivity (Wildman–Crippen MR) is 88.0 cm³/mol. The minimum atomic E-state index is 0. The van der Waals surface area contributed by atoms with Crippen molar-refractivity contribution < 1.29 is 36.9 Å². The maximum Gasteiger partial charge on any atom is 0.0430 e. The molecule has 0 radical (unpaired) electrons. The van der Waals surface area contributed by atoms with Crippen LogP contribution in [0.5, 0.6) is 0 Å². The fourth-order valence-electron chi connectivity index (χ4n) is 0.632. The summed E-state index contributed by atoms with van der Waals surface area (Å²) in [6.45, 7) is 9.58. The van der Waals surface area contributed by atoms with E-state index in [1.807, 2.05) is 0 Å². The van der Waals surface area contributed by atoms with Gasteiger partial charge in [-0.1, -0.05) is 53.4 Å². The van der Waals surface area contributed by atoms with E-state index in [1.54, 1.807) is 0 Å². The summed E-state index contributed by atoms with van der Waals surface area (Å²) in [6, 6.07) is 0. The molecule has 0 aromatic carbocycles. The third kappa shape index (κ3) is 98.4. The molecule has 4 nitrogen and oxygen atoms in total. The molecule has 0 aromatic rings. The Morgan fingerprint density at radius 2 is 0.571 bits per heavy atom. The molecule has 0 saturated heterocycles. The molecule has 0 unspecified atom stereocenters. The molecular weight excluding hydrogens is 315 g/mol. The van der Waals surface area contributed by atoms with Crippen molar-refractivity contribution in [3.8, 4) is 0 Å². The van der Waals surface area contributed by atoms with Crippen LogP contribution >= 0.6 is 0 Å². The summed E-state index contributed by atoms with van der Waals surface area (Å²) in [5.74, 6) is 0. The van der Waals surface area contributed by atoms with Crippen LogP contribution < -0.4 is 0 Å². The van der Waals surface area contributed by atoms with Crippen molar-refractivity contribution in [3.05, 3.63) is 0 Å². The molecule has 0 heterocycles. The summed E-state index contributed by atoms with van der Waals surface area (Å²) < 4.78 is 0. The van der Waals surface area contributed by atoms with E-state index in [2.05, 4.69) is 27.7 Å². The predicted octanol–water partition coefficient (Wildman–Crippen LogP) is 3.11. The summed E-state index contributed by atoms with van der Waals surface area (Å²) in [4.78, 5) is 0. The van der Waals surface area contributed by atoms with Gasteiger partial charge in [0.1, 0.15) is 0 Å². The van der Waals surface area contributed by atoms with Gasteiger partial charge in [0.05, 0.1) is 0 Å². The Labute approximate surface area is 142 Å². The average molecular weight is 355 g/mol. The average Bonchev–Trinajstić information content (AvgIpc) is 2.44. The third-order valence-corrected chi connectivity index (χ3v) is 2.05. The molecule has 4 N–H and O–H groups in total. The van der Waals surface area contributed by atoms with E-state index in [4.69, 9.17) is 20.4 Å². The van der Waals surface area contributed by atoms with Gasteiger partial charge in [0.2, 0.25) is 0 Å². The van der Waals surface area contributed by atoms with Gasteiger partial charge >= 0.3 is 0 Å². The van der Waals surface area contributed by atoms with Crippen molar-refractivity contribution in [1.82, 2.24) is 0 Å². The molecule has 0 fully saturated rings. The molecule has 138 valence electrons. The molecule has 0 saturated carbocycles. The van der Waals surface area contributed by atoms with Crippen molar-refractivity contribution in [2.45, 2.75) is 79.1 Å². The van der Waals surface area contributed by atoms with E-state index in [0.29, 0.717) is 26.4 Å². The second-order valence-electron chi connectivity index (χ2n) is 4.31. The normalized spacial score (nSPS) is 8.00. The van der Waals surface area contributed by atoms with E-state index in [-0.39, 0.29) is 16.5 Å². The number of aliphatic hydroxyl groups excluding tert-OH is 4. The van der Waals surface area contributed by atoms with Crippen molar-refractivity contribution in [3.63, 3.8) is 0 Å². The topological polar surface area (TPSA) is 80.9 Å². The monoisotopic (exact) mass is 354 g/mol.